The van der Waals surface area contributed by atoms with Gasteiger partial charge in [0, 0.05) is 22.8 Å². The predicted molar refractivity (Wildman–Crippen MR) is 114 cm³/mol. The second-order valence-electron chi connectivity index (χ2n) is 6.55. The average Bonchev–Trinajstić information content (AvgIpc) is 2.72. The molecule has 0 aliphatic heterocycles. The van der Waals surface area contributed by atoms with Gasteiger partial charge in [-0.25, -0.2) is 0 Å². The number of carbonyl (C=O) groups excluding carboxylic acids is 2. The zero-order valence-corrected chi connectivity index (χ0v) is 20.4. The van der Waals surface area contributed by atoms with Gasteiger partial charge in [0.1, 0.15) is 11.4 Å². The van der Waals surface area contributed by atoms with Gasteiger partial charge in [0.2, 0.25) is 16.5 Å². The summed E-state index contributed by atoms with van der Waals surface area (Å²) < 4.78 is 31.0. The van der Waals surface area contributed by atoms with E-state index in [0.29, 0.717) is 11.6 Å². The molecule has 32 heavy (non-hydrogen) atoms. The Labute approximate surface area is 225 Å². The maximum atomic E-state index is 12.6. The van der Waals surface area contributed by atoms with Crippen LogP contribution in [0.5, 0.6) is 0 Å². The number of anilines is 1. The summed E-state index contributed by atoms with van der Waals surface area (Å²) in [5.41, 5.74) is 0.482. The Morgan fingerprint density at radius 3 is 2.19 bits per heavy atom. The van der Waals surface area contributed by atoms with Gasteiger partial charge in [0.15, 0.2) is 0 Å². The van der Waals surface area contributed by atoms with Crippen molar-refractivity contribution in [2.24, 2.45) is 10.2 Å². The molecule has 0 spiro atoms. The van der Waals surface area contributed by atoms with Crippen molar-refractivity contribution < 1.29 is 79.5 Å². The van der Waals surface area contributed by atoms with E-state index in [1.54, 1.807) is 30.3 Å². The Morgan fingerprint density at radius 1 is 0.875 bits per heavy atom. The van der Waals surface area contributed by atoms with Crippen LogP contribution >= 0.6 is 0 Å². The van der Waals surface area contributed by atoms with Crippen LogP contribution in [-0.2, 0) is 24.3 Å². The number of hydrogen-bond acceptors (Lipinski definition) is 8. The molecule has 4 rings (SSSR count). The zero-order chi connectivity index (χ0) is 22.3. The van der Waals surface area contributed by atoms with Gasteiger partial charge in [-0.05, 0) is 34.0 Å². The first-order chi connectivity index (χ1) is 14.7. The molecule has 3 N–H and O–H groups in total. The number of hydrogen-bond donors (Lipinski definition) is 3. The maximum Gasteiger partial charge on any atom is 1.00 e. The van der Waals surface area contributed by atoms with Crippen LogP contribution in [0.15, 0.2) is 64.8 Å². The van der Waals surface area contributed by atoms with Gasteiger partial charge in [0.25, 0.3) is 0 Å². The quantitative estimate of drug-likeness (QED) is 0.303. The molecule has 0 saturated heterocycles. The van der Waals surface area contributed by atoms with E-state index >= 15 is 0 Å². The molecule has 2 aliphatic carbocycles. The fourth-order valence-corrected chi connectivity index (χ4v) is 3.94. The Bertz CT molecular complexity index is 1310. The van der Waals surface area contributed by atoms with Crippen molar-refractivity contribution in [2.75, 3.05) is 5.23 Å². The van der Waals surface area contributed by atoms with Gasteiger partial charge >= 0.3 is 61.9 Å². The maximum absolute atomic E-state index is 12.6. The molecule has 0 aromatic heterocycles. The van der Waals surface area contributed by atoms with Crippen molar-refractivity contribution in [1.29, 1.82) is 0 Å². The van der Waals surface area contributed by atoms with Crippen molar-refractivity contribution in [3.63, 3.8) is 0 Å². The molecule has 0 unspecified atom stereocenters. The number of rotatable bonds is 3. The molecule has 2 aromatic carbocycles. The molecule has 0 bridgehead atoms. The predicted octanol–water partition coefficient (Wildman–Crippen LogP) is -0.458. The number of carbonyl (C=O) groups is 2. The van der Waals surface area contributed by atoms with Crippen LogP contribution in [0.3, 0.4) is 0 Å². The molecule has 0 saturated carbocycles. The second-order valence-corrected chi connectivity index (χ2v) is 7.99. The summed E-state index contributed by atoms with van der Waals surface area (Å²) in [6.45, 7) is 0. The van der Waals surface area contributed by atoms with Crippen LogP contribution < -0.4 is 56.6 Å². The van der Waals surface area contributed by atoms with Crippen LogP contribution in [0.2, 0.25) is 0 Å². The van der Waals surface area contributed by atoms with Crippen LogP contribution in [0.4, 0.5) is 5.69 Å². The number of allylic oxidation sites excluding steroid dienone is 2. The van der Waals surface area contributed by atoms with E-state index in [1.165, 1.54) is 12.1 Å². The first-order valence-corrected chi connectivity index (χ1v) is 10.2. The number of ketones is 2. The van der Waals surface area contributed by atoms with Gasteiger partial charge in [-0.15, -0.1) is 10.2 Å². The number of benzene rings is 2. The number of fused-ring (bicyclic) bond motifs is 2. The summed E-state index contributed by atoms with van der Waals surface area (Å²) in [6, 6.07) is 10.3. The zero-order valence-electron chi connectivity index (χ0n) is 16.5. The second kappa shape index (κ2) is 9.49. The molecule has 0 atom stereocenters. The number of nitrogens with zero attached hydrogens (tertiary/aromatic N) is 3. The Balaban J connectivity index is 0.00000289. The molecular formula is C20H13KN3O7S+. The van der Waals surface area contributed by atoms with Crippen LogP contribution in [-0.4, -0.2) is 37.3 Å². The fraction of sp³-hybridized carbons (Fsp3) is 0. The third-order valence-electron chi connectivity index (χ3n) is 4.64. The van der Waals surface area contributed by atoms with Crippen molar-refractivity contribution in [1.82, 2.24) is 0 Å². The monoisotopic (exact) mass is 478 g/mol. The van der Waals surface area contributed by atoms with E-state index in [-0.39, 0.29) is 79.6 Å². The molecule has 0 amide bonds. The summed E-state index contributed by atoms with van der Waals surface area (Å²) in [6.07, 6.45) is 3.64. The molecule has 0 fully saturated rings. The summed E-state index contributed by atoms with van der Waals surface area (Å²) in [4.78, 5) is 24.2. The molecule has 0 radical (unpaired) electrons. The topological polar surface area (TPSA) is 163 Å². The molecular weight excluding hydrogens is 465 g/mol. The Morgan fingerprint density at radius 2 is 1.53 bits per heavy atom. The minimum absolute atomic E-state index is 0. The Hall–Kier alpha value is -1.97. The molecule has 2 aliphatic rings. The van der Waals surface area contributed by atoms with Crippen LogP contribution in [0.1, 0.15) is 22.3 Å². The van der Waals surface area contributed by atoms with Crippen molar-refractivity contribution in [3.05, 3.63) is 82.1 Å². The summed E-state index contributed by atoms with van der Waals surface area (Å²) in [5, 5.41) is 27.7. The molecule has 10 nitrogen and oxygen atoms in total. The van der Waals surface area contributed by atoms with E-state index < -0.39 is 32.2 Å². The standard InChI is InChI=1S/C20H13N3O7S.K/c24-16-8-5-11-3-1-2-4-13(11)19(16)21-22-20-14-7-6-12(23(26)27)9-15(14)18(10-17(20)25)31(28,29)30;/h1-10,26H,(H2,28,29,30);/q;+1. The summed E-state index contributed by atoms with van der Waals surface area (Å²) in [7, 11) is -4.59. The van der Waals surface area contributed by atoms with E-state index in [4.69, 9.17) is 5.21 Å². The molecule has 156 valence electrons. The van der Waals surface area contributed by atoms with Gasteiger partial charge in [-0.3, -0.25) is 14.8 Å². The van der Waals surface area contributed by atoms with Gasteiger partial charge < -0.3 is 10.4 Å². The SMILES string of the molecule is O=C1C=Cc2ccccc2C1=NN=C1C(=O)C=C([S+](=O)(O)O)c2cc(N([O-])O)ccc21.[K+]. The van der Waals surface area contributed by atoms with Crippen molar-refractivity contribution >= 4 is 50.2 Å². The van der Waals surface area contributed by atoms with E-state index in [2.05, 4.69) is 10.2 Å². The summed E-state index contributed by atoms with van der Waals surface area (Å²) in [5.74, 6) is -1.26. The third kappa shape index (κ3) is 4.70. The van der Waals surface area contributed by atoms with Crippen LogP contribution in [0, 0.1) is 5.21 Å². The van der Waals surface area contributed by atoms with Crippen molar-refractivity contribution in [2.45, 2.75) is 0 Å². The largest absolute Gasteiger partial charge is 1.00 e. The minimum atomic E-state index is -4.59. The molecule has 0 heterocycles. The van der Waals surface area contributed by atoms with E-state index in [0.717, 1.165) is 17.7 Å². The first-order valence-electron chi connectivity index (χ1n) is 8.70. The van der Waals surface area contributed by atoms with E-state index in [9.17, 15) is 28.1 Å². The van der Waals surface area contributed by atoms with Gasteiger partial charge in [0.05, 0.1) is 5.69 Å². The van der Waals surface area contributed by atoms with Gasteiger partial charge in [-0.2, -0.15) is 9.11 Å². The molecule has 12 heteroatoms. The van der Waals surface area contributed by atoms with Gasteiger partial charge in [-0.1, -0.05) is 30.3 Å². The summed E-state index contributed by atoms with van der Waals surface area (Å²) >= 11 is 0. The molecule has 2 aromatic rings. The smallest absolute Gasteiger partial charge is 0.733 e. The first kappa shape index (κ1) is 24.7. The van der Waals surface area contributed by atoms with E-state index in [1.807, 2.05) is 0 Å². The fourth-order valence-electron chi connectivity index (χ4n) is 3.22. The third-order valence-corrected chi connectivity index (χ3v) is 5.55. The normalized spacial score (nSPS) is 17.6. The van der Waals surface area contributed by atoms with Crippen LogP contribution in [0.25, 0.3) is 11.0 Å². The Kier molecular flexibility index (Phi) is 7.31. The average molecular weight is 479 g/mol. The van der Waals surface area contributed by atoms with Crippen molar-refractivity contribution in [3.8, 4) is 0 Å². The minimum Gasteiger partial charge on any atom is -0.733 e.